The van der Waals surface area contributed by atoms with Crippen LogP contribution in [0.3, 0.4) is 0 Å². The number of hydrogen-bond donors (Lipinski definition) is 8. The van der Waals surface area contributed by atoms with Crippen molar-refractivity contribution in [2.45, 2.75) is 11.9 Å². The number of carbonyl (C=O) groups excluding carboxylic acids is 1. The van der Waals surface area contributed by atoms with Crippen LogP contribution in [0.4, 0.5) is 0 Å². The summed E-state index contributed by atoms with van der Waals surface area (Å²) in [7, 11) is -17.0. The molecule has 0 fully saturated rings. The van der Waals surface area contributed by atoms with Crippen LogP contribution in [-0.2, 0) is 31.6 Å². The van der Waals surface area contributed by atoms with E-state index in [9.17, 15) is 23.6 Å². The van der Waals surface area contributed by atoms with Gasteiger partial charge in [0.1, 0.15) is 12.7 Å². The Morgan fingerprint density at radius 1 is 1.00 bits per heavy atom. The highest BCUT2D eigenvalue weighted by atomic mass is 31.3. The molecule has 0 aliphatic heterocycles. The summed E-state index contributed by atoms with van der Waals surface area (Å²) in [6.45, 7) is -2.96. The zero-order chi connectivity index (χ0) is 18.7. The summed E-state index contributed by atoms with van der Waals surface area (Å²) in [4.78, 5) is 45.2. The topological polar surface area (TPSA) is 258 Å². The molecule has 0 saturated carbocycles. The Labute approximate surface area is 127 Å². The SMILES string of the molecule is O=C(CO)C(O)(O)C(O)COP(=O)(O)OP(=O)(O)OP(=O)(O)O. The number of ketones is 1. The van der Waals surface area contributed by atoms with Crippen molar-refractivity contribution in [1.82, 2.24) is 0 Å². The highest BCUT2D eigenvalue weighted by Crippen LogP contribution is 2.66. The van der Waals surface area contributed by atoms with Gasteiger partial charge in [-0.25, -0.2) is 13.7 Å². The molecule has 0 aliphatic carbocycles. The van der Waals surface area contributed by atoms with Gasteiger partial charge < -0.3 is 40.0 Å². The van der Waals surface area contributed by atoms with Crippen LogP contribution in [0.5, 0.6) is 0 Å². The van der Waals surface area contributed by atoms with E-state index in [4.69, 9.17) is 34.9 Å². The molecule has 3 unspecified atom stereocenters. The first kappa shape index (κ1) is 22.9. The van der Waals surface area contributed by atoms with E-state index in [2.05, 4.69) is 13.1 Å². The molecular formula is C5H13O15P3. The fraction of sp³-hybridized carbons (Fsp3) is 0.800. The molecule has 0 rings (SSSR count). The predicted molar refractivity (Wildman–Crippen MR) is 65.1 cm³/mol. The highest BCUT2D eigenvalue weighted by Gasteiger charge is 2.44. The zero-order valence-electron chi connectivity index (χ0n) is 10.8. The summed E-state index contributed by atoms with van der Waals surface area (Å²) in [5.74, 6) is -5.29. The lowest BCUT2D eigenvalue weighted by atomic mass is 10.1. The fourth-order valence-electron chi connectivity index (χ4n) is 0.886. The molecular weight excluding hydrogens is 393 g/mol. The molecule has 0 aromatic rings. The summed E-state index contributed by atoms with van der Waals surface area (Å²) in [5, 5.41) is 35.8. The minimum atomic E-state index is -5.78. The third-order valence-electron chi connectivity index (χ3n) is 1.83. The maximum Gasteiger partial charge on any atom is 0.490 e. The largest absolute Gasteiger partial charge is 0.490 e. The number of Topliss-reactive ketones (excluding diaryl/α,β-unsaturated/α-hetero) is 1. The van der Waals surface area contributed by atoms with Crippen molar-refractivity contribution in [1.29, 1.82) is 0 Å². The van der Waals surface area contributed by atoms with Gasteiger partial charge in [-0.1, -0.05) is 0 Å². The van der Waals surface area contributed by atoms with Gasteiger partial charge in [-0.2, -0.15) is 8.62 Å². The molecule has 0 saturated heterocycles. The van der Waals surface area contributed by atoms with E-state index >= 15 is 0 Å². The average Bonchev–Trinajstić information content (AvgIpc) is 2.30. The molecule has 0 bridgehead atoms. The smallest absolute Gasteiger partial charge is 0.388 e. The van der Waals surface area contributed by atoms with Gasteiger partial charge in [0.15, 0.2) is 0 Å². The third kappa shape index (κ3) is 8.54. The van der Waals surface area contributed by atoms with Crippen LogP contribution >= 0.6 is 23.5 Å². The van der Waals surface area contributed by atoms with Crippen molar-refractivity contribution in [3.63, 3.8) is 0 Å². The number of phosphoric acid groups is 3. The van der Waals surface area contributed by atoms with Crippen LogP contribution in [0.15, 0.2) is 0 Å². The molecule has 0 aromatic carbocycles. The second-order valence-electron chi connectivity index (χ2n) is 3.71. The number of carbonyl (C=O) groups is 1. The van der Waals surface area contributed by atoms with E-state index < -0.39 is 54.4 Å². The van der Waals surface area contributed by atoms with Crippen LogP contribution in [0.25, 0.3) is 0 Å². The molecule has 138 valence electrons. The molecule has 15 nitrogen and oxygen atoms in total. The Hall–Kier alpha value is -0.0800. The normalized spacial score (nSPS) is 19.7. The maximum absolute atomic E-state index is 11.2. The van der Waals surface area contributed by atoms with Crippen molar-refractivity contribution < 1.29 is 71.6 Å². The number of hydrogen-bond acceptors (Lipinski definition) is 11. The molecule has 23 heavy (non-hydrogen) atoms. The van der Waals surface area contributed by atoms with Crippen molar-refractivity contribution in [3.8, 4) is 0 Å². The van der Waals surface area contributed by atoms with Crippen LogP contribution < -0.4 is 0 Å². The summed E-state index contributed by atoms with van der Waals surface area (Å²) in [6, 6.07) is 0. The van der Waals surface area contributed by atoms with Gasteiger partial charge in [-0.15, -0.1) is 0 Å². The van der Waals surface area contributed by atoms with Crippen LogP contribution in [0.2, 0.25) is 0 Å². The van der Waals surface area contributed by atoms with Gasteiger partial charge >= 0.3 is 23.5 Å². The van der Waals surface area contributed by atoms with E-state index in [-0.39, 0.29) is 0 Å². The Morgan fingerprint density at radius 2 is 1.48 bits per heavy atom. The standard InChI is InChI=1S/C5H13O15P3/c6-1-3(7)5(9,10)4(8)2-18-22(14,15)20-23(16,17)19-21(11,12)13/h4,6,8-10H,1-2H2,(H,14,15)(H,16,17)(H2,11,12,13). The number of rotatable bonds is 10. The van der Waals surface area contributed by atoms with Gasteiger partial charge in [-0.05, 0) is 0 Å². The van der Waals surface area contributed by atoms with Crippen LogP contribution in [-0.4, -0.2) is 70.9 Å². The Bertz CT molecular complexity index is 561. The minimum Gasteiger partial charge on any atom is -0.388 e. The first-order valence-corrected chi connectivity index (χ1v) is 9.60. The first-order valence-electron chi connectivity index (χ1n) is 5.08. The monoisotopic (exact) mass is 406 g/mol. The van der Waals surface area contributed by atoms with E-state index in [1.165, 1.54) is 0 Å². The van der Waals surface area contributed by atoms with Crippen LogP contribution in [0, 0.1) is 0 Å². The fourth-order valence-corrected chi connectivity index (χ4v) is 3.91. The second-order valence-corrected chi connectivity index (χ2v) is 8.13. The molecule has 0 radical (unpaired) electrons. The molecule has 8 N–H and O–H groups in total. The van der Waals surface area contributed by atoms with E-state index in [1.807, 2.05) is 0 Å². The van der Waals surface area contributed by atoms with Crippen molar-refractivity contribution in [2.75, 3.05) is 13.2 Å². The molecule has 0 amide bonds. The quantitative estimate of drug-likeness (QED) is 0.132. The third-order valence-corrected chi connectivity index (χ3v) is 5.63. The van der Waals surface area contributed by atoms with Gasteiger partial charge in [-0.3, -0.25) is 9.32 Å². The second kappa shape index (κ2) is 7.87. The van der Waals surface area contributed by atoms with E-state index in [0.717, 1.165) is 0 Å². The minimum absolute atomic E-state index is 1.42. The highest BCUT2D eigenvalue weighted by molar-refractivity contribution is 7.66. The van der Waals surface area contributed by atoms with Crippen molar-refractivity contribution >= 4 is 29.3 Å². The molecule has 0 heterocycles. The average molecular weight is 406 g/mol. The summed E-state index contributed by atoms with van der Waals surface area (Å²) in [6.07, 6.45) is -2.60. The number of phosphoric ester groups is 1. The number of aliphatic hydroxyl groups excluding tert-OH is 2. The van der Waals surface area contributed by atoms with Gasteiger partial charge in [0.05, 0.1) is 6.61 Å². The summed E-state index contributed by atoms with van der Waals surface area (Å²) >= 11 is 0. The van der Waals surface area contributed by atoms with Crippen molar-refractivity contribution in [2.24, 2.45) is 0 Å². The molecule has 18 heteroatoms. The Balaban J connectivity index is 4.83. The Morgan fingerprint density at radius 3 is 1.87 bits per heavy atom. The van der Waals surface area contributed by atoms with Crippen LogP contribution in [0.1, 0.15) is 0 Å². The van der Waals surface area contributed by atoms with Crippen molar-refractivity contribution in [3.05, 3.63) is 0 Å². The van der Waals surface area contributed by atoms with Gasteiger partial charge in [0.25, 0.3) is 5.79 Å². The lowest BCUT2D eigenvalue weighted by molar-refractivity contribution is -0.226. The van der Waals surface area contributed by atoms with E-state index in [0.29, 0.717) is 0 Å². The van der Waals surface area contributed by atoms with E-state index in [1.54, 1.807) is 0 Å². The summed E-state index contributed by atoms with van der Waals surface area (Å²) < 4.78 is 43.0. The Kier molecular flexibility index (Phi) is 7.84. The zero-order valence-corrected chi connectivity index (χ0v) is 13.5. The lowest BCUT2D eigenvalue weighted by Gasteiger charge is -2.25. The molecule has 0 aliphatic rings. The number of aliphatic hydroxyl groups is 4. The maximum atomic E-state index is 11.2. The summed E-state index contributed by atoms with van der Waals surface area (Å²) in [5.41, 5.74) is 0. The molecule has 0 aromatic heterocycles. The predicted octanol–water partition coefficient (Wildman–Crippen LogP) is -3.07. The molecule has 3 atom stereocenters. The lowest BCUT2D eigenvalue weighted by Crippen LogP contribution is -2.52. The van der Waals surface area contributed by atoms with Gasteiger partial charge in [0.2, 0.25) is 5.78 Å². The molecule has 0 spiro atoms. The van der Waals surface area contributed by atoms with Gasteiger partial charge in [0, 0.05) is 0 Å². The first-order chi connectivity index (χ1) is 10.0.